The molecule has 0 saturated carbocycles. The molecule has 152 valence electrons. The standard InChI is InChI=1S/C19H25FN4O3S/c1-19(2,3)27-18(26)23-9-6-22(7-10-23)8-11-24-16(25)14-12-13(20)4-5-15(14)21-17(24)28/h4-5,12H,6-11H2,1-3H3,(H,21,28). The van der Waals surface area contributed by atoms with Gasteiger partial charge in [0.1, 0.15) is 11.4 Å². The number of carbonyl (C=O) groups is 1. The van der Waals surface area contributed by atoms with Crippen LogP contribution in [-0.4, -0.2) is 63.8 Å². The first kappa shape index (κ1) is 20.5. The summed E-state index contributed by atoms with van der Waals surface area (Å²) in [5.41, 5.74) is -0.286. The van der Waals surface area contributed by atoms with Gasteiger partial charge in [0.05, 0.1) is 10.9 Å². The van der Waals surface area contributed by atoms with Crippen molar-refractivity contribution in [3.05, 3.63) is 39.1 Å². The molecular formula is C19H25FN4O3S. The number of hydrogen-bond donors (Lipinski definition) is 1. The summed E-state index contributed by atoms with van der Waals surface area (Å²) in [5.74, 6) is -0.458. The van der Waals surface area contributed by atoms with E-state index in [-0.39, 0.29) is 17.0 Å². The number of rotatable bonds is 3. The van der Waals surface area contributed by atoms with Gasteiger partial charge in [-0.25, -0.2) is 9.18 Å². The largest absolute Gasteiger partial charge is 0.444 e. The molecule has 3 rings (SSSR count). The van der Waals surface area contributed by atoms with E-state index in [2.05, 4.69) is 9.88 Å². The number of piperazine rings is 1. The van der Waals surface area contributed by atoms with E-state index in [1.165, 1.54) is 22.8 Å². The summed E-state index contributed by atoms with van der Waals surface area (Å²) in [6.45, 7) is 9.05. The molecule has 7 nitrogen and oxygen atoms in total. The summed E-state index contributed by atoms with van der Waals surface area (Å²) in [7, 11) is 0. The molecule has 1 aliphatic heterocycles. The molecule has 1 N–H and O–H groups in total. The van der Waals surface area contributed by atoms with Gasteiger partial charge in [-0.05, 0) is 51.2 Å². The molecule has 2 heterocycles. The smallest absolute Gasteiger partial charge is 0.410 e. The van der Waals surface area contributed by atoms with E-state index >= 15 is 0 Å². The van der Waals surface area contributed by atoms with Crippen LogP contribution in [0.4, 0.5) is 9.18 Å². The molecule has 0 unspecified atom stereocenters. The van der Waals surface area contributed by atoms with Crippen molar-refractivity contribution in [1.82, 2.24) is 19.4 Å². The van der Waals surface area contributed by atoms with Gasteiger partial charge in [-0.15, -0.1) is 0 Å². The molecule has 2 aromatic rings. The van der Waals surface area contributed by atoms with Crippen LogP contribution in [0.2, 0.25) is 0 Å². The highest BCUT2D eigenvalue weighted by atomic mass is 32.1. The van der Waals surface area contributed by atoms with Crippen LogP contribution in [0, 0.1) is 10.6 Å². The van der Waals surface area contributed by atoms with Crippen LogP contribution >= 0.6 is 12.2 Å². The molecule has 0 spiro atoms. The van der Waals surface area contributed by atoms with Crippen LogP contribution in [0.1, 0.15) is 20.8 Å². The molecule has 1 aliphatic rings. The molecule has 9 heteroatoms. The predicted octanol–water partition coefficient (Wildman–Crippen LogP) is 2.75. The Hall–Kier alpha value is -2.26. The maximum atomic E-state index is 13.5. The second-order valence-electron chi connectivity index (χ2n) is 7.89. The number of hydrogen-bond acceptors (Lipinski definition) is 5. The number of ether oxygens (including phenoxy) is 1. The fourth-order valence-corrected chi connectivity index (χ4v) is 3.43. The van der Waals surface area contributed by atoms with E-state index in [1.54, 1.807) is 4.90 Å². The molecule has 0 atom stereocenters. The Morgan fingerprint density at radius 3 is 2.54 bits per heavy atom. The summed E-state index contributed by atoms with van der Waals surface area (Å²) < 4.78 is 20.7. The van der Waals surface area contributed by atoms with E-state index in [0.29, 0.717) is 49.6 Å². The van der Waals surface area contributed by atoms with E-state index in [4.69, 9.17) is 17.0 Å². The molecular weight excluding hydrogens is 383 g/mol. The first-order valence-electron chi connectivity index (χ1n) is 9.27. The summed E-state index contributed by atoms with van der Waals surface area (Å²) in [4.78, 5) is 31.6. The van der Waals surface area contributed by atoms with Crippen molar-refractivity contribution < 1.29 is 13.9 Å². The third kappa shape index (κ3) is 4.77. The summed E-state index contributed by atoms with van der Waals surface area (Å²) in [5, 5.41) is 0.281. The van der Waals surface area contributed by atoms with E-state index in [9.17, 15) is 14.0 Å². The normalized spacial score (nSPS) is 15.8. The number of nitrogens with one attached hydrogen (secondary N) is 1. The van der Waals surface area contributed by atoms with Crippen molar-refractivity contribution in [2.24, 2.45) is 0 Å². The van der Waals surface area contributed by atoms with E-state index in [1.807, 2.05) is 20.8 Å². The van der Waals surface area contributed by atoms with Crippen LogP contribution in [0.25, 0.3) is 10.9 Å². The first-order valence-corrected chi connectivity index (χ1v) is 9.67. The van der Waals surface area contributed by atoms with E-state index in [0.717, 1.165) is 0 Å². The Morgan fingerprint density at radius 1 is 1.21 bits per heavy atom. The van der Waals surface area contributed by atoms with Crippen molar-refractivity contribution in [3.63, 3.8) is 0 Å². The average Bonchev–Trinajstić information content (AvgIpc) is 2.61. The molecule has 1 aromatic heterocycles. The molecule has 1 aromatic carbocycles. The van der Waals surface area contributed by atoms with Crippen molar-refractivity contribution >= 4 is 29.2 Å². The van der Waals surface area contributed by atoms with Crippen molar-refractivity contribution in [1.29, 1.82) is 0 Å². The highest BCUT2D eigenvalue weighted by Gasteiger charge is 2.25. The molecule has 1 fully saturated rings. The highest BCUT2D eigenvalue weighted by Crippen LogP contribution is 2.12. The fourth-order valence-electron chi connectivity index (χ4n) is 3.15. The van der Waals surface area contributed by atoms with E-state index < -0.39 is 11.4 Å². The monoisotopic (exact) mass is 408 g/mol. The van der Waals surface area contributed by atoms with Crippen LogP contribution in [-0.2, 0) is 11.3 Å². The minimum Gasteiger partial charge on any atom is -0.444 e. The maximum Gasteiger partial charge on any atom is 0.410 e. The second kappa shape index (κ2) is 8.00. The van der Waals surface area contributed by atoms with Crippen molar-refractivity contribution in [3.8, 4) is 0 Å². The zero-order chi connectivity index (χ0) is 20.5. The Kier molecular flexibility index (Phi) is 5.85. The molecule has 0 aliphatic carbocycles. The Bertz CT molecular complexity index is 987. The third-order valence-electron chi connectivity index (χ3n) is 4.61. The zero-order valence-corrected chi connectivity index (χ0v) is 17.1. The number of benzene rings is 1. The van der Waals surface area contributed by atoms with Gasteiger partial charge in [0.25, 0.3) is 5.56 Å². The lowest BCUT2D eigenvalue weighted by atomic mass is 10.2. The fraction of sp³-hybridized carbons (Fsp3) is 0.526. The van der Waals surface area contributed by atoms with Gasteiger partial charge in [0, 0.05) is 39.3 Å². The second-order valence-corrected chi connectivity index (χ2v) is 8.27. The van der Waals surface area contributed by atoms with Gasteiger partial charge in [-0.3, -0.25) is 14.3 Å². The van der Waals surface area contributed by atoms with Crippen LogP contribution in [0.3, 0.4) is 0 Å². The number of fused-ring (bicyclic) bond motifs is 1. The number of amides is 1. The maximum absolute atomic E-state index is 13.5. The lowest BCUT2D eigenvalue weighted by Gasteiger charge is -2.35. The molecule has 1 saturated heterocycles. The summed E-state index contributed by atoms with van der Waals surface area (Å²) in [6, 6.07) is 4.03. The number of halogens is 1. The Labute approximate surface area is 167 Å². The van der Waals surface area contributed by atoms with Crippen LogP contribution in [0.15, 0.2) is 23.0 Å². The van der Waals surface area contributed by atoms with Gasteiger partial charge in [0.15, 0.2) is 4.77 Å². The van der Waals surface area contributed by atoms with Gasteiger partial charge in [0.2, 0.25) is 0 Å². The lowest BCUT2D eigenvalue weighted by Crippen LogP contribution is -2.50. The molecule has 0 bridgehead atoms. The minimum absolute atomic E-state index is 0.281. The number of aromatic amines is 1. The molecule has 1 amide bonds. The SMILES string of the molecule is CC(C)(C)OC(=O)N1CCN(CCn2c(=S)[nH]c3ccc(F)cc3c2=O)CC1. The minimum atomic E-state index is -0.513. The van der Waals surface area contributed by atoms with Crippen LogP contribution in [0.5, 0.6) is 0 Å². The third-order valence-corrected chi connectivity index (χ3v) is 4.93. The number of carbonyl (C=O) groups excluding carboxylic acids is 1. The van der Waals surface area contributed by atoms with Gasteiger partial charge in [-0.1, -0.05) is 0 Å². The lowest BCUT2D eigenvalue weighted by molar-refractivity contribution is 0.0142. The van der Waals surface area contributed by atoms with Gasteiger partial charge in [-0.2, -0.15) is 0 Å². The first-order chi connectivity index (χ1) is 13.1. The number of nitrogens with zero attached hydrogens (tertiary/aromatic N) is 3. The summed E-state index contributed by atoms with van der Waals surface area (Å²) in [6.07, 6.45) is -0.303. The van der Waals surface area contributed by atoms with Gasteiger partial charge < -0.3 is 14.6 Å². The molecule has 0 radical (unpaired) electrons. The quantitative estimate of drug-likeness (QED) is 0.791. The Balaban J connectivity index is 1.62. The Morgan fingerprint density at radius 2 is 1.89 bits per heavy atom. The van der Waals surface area contributed by atoms with Crippen LogP contribution < -0.4 is 5.56 Å². The number of aromatic nitrogens is 2. The van der Waals surface area contributed by atoms with Gasteiger partial charge >= 0.3 is 6.09 Å². The zero-order valence-electron chi connectivity index (χ0n) is 16.3. The summed E-state index contributed by atoms with van der Waals surface area (Å²) >= 11 is 5.30. The topological polar surface area (TPSA) is 70.6 Å². The molecule has 28 heavy (non-hydrogen) atoms. The van der Waals surface area contributed by atoms with Crippen molar-refractivity contribution in [2.75, 3.05) is 32.7 Å². The highest BCUT2D eigenvalue weighted by molar-refractivity contribution is 7.71. The predicted molar refractivity (Wildman–Crippen MR) is 108 cm³/mol. The number of H-pyrrole nitrogens is 1. The average molecular weight is 408 g/mol. The van der Waals surface area contributed by atoms with Crippen molar-refractivity contribution in [2.45, 2.75) is 32.9 Å².